The topological polar surface area (TPSA) is 79.5 Å². The summed E-state index contributed by atoms with van der Waals surface area (Å²) in [6.07, 6.45) is 0.868. The van der Waals surface area contributed by atoms with Crippen LogP contribution in [0.2, 0.25) is 0 Å². The van der Waals surface area contributed by atoms with Crippen LogP contribution in [0.5, 0.6) is 5.75 Å². The van der Waals surface area contributed by atoms with Crippen molar-refractivity contribution in [3.05, 3.63) is 54.6 Å². The summed E-state index contributed by atoms with van der Waals surface area (Å²) in [6, 6.07) is 15.8. The van der Waals surface area contributed by atoms with E-state index >= 15 is 0 Å². The Labute approximate surface area is 141 Å². The predicted molar refractivity (Wildman–Crippen MR) is 94.3 cm³/mol. The molecule has 0 aliphatic rings. The third kappa shape index (κ3) is 6.00. The minimum Gasteiger partial charge on any atom is -0.484 e. The number of carbonyl (C=O) groups is 2. The summed E-state index contributed by atoms with van der Waals surface area (Å²) in [6.45, 7) is 2.48. The standard InChI is InChI=1S/C18H21N3O3/c1-2-11-19-18(23)21-15-9-6-10-16(12-15)24-13-17(22)20-14-7-4-3-5-8-14/h3-10,12H,2,11,13H2,1H3,(H,20,22)(H2,19,21,23). The molecule has 126 valence electrons. The van der Waals surface area contributed by atoms with E-state index in [4.69, 9.17) is 4.74 Å². The lowest BCUT2D eigenvalue weighted by molar-refractivity contribution is -0.118. The average molecular weight is 327 g/mol. The van der Waals surface area contributed by atoms with Gasteiger partial charge in [-0.3, -0.25) is 4.79 Å². The molecule has 0 fully saturated rings. The van der Waals surface area contributed by atoms with Crippen LogP contribution in [0.15, 0.2) is 54.6 Å². The van der Waals surface area contributed by atoms with Gasteiger partial charge in [-0.25, -0.2) is 4.79 Å². The van der Waals surface area contributed by atoms with Crippen molar-refractivity contribution in [2.45, 2.75) is 13.3 Å². The number of para-hydroxylation sites is 1. The highest BCUT2D eigenvalue weighted by atomic mass is 16.5. The van der Waals surface area contributed by atoms with Gasteiger partial charge < -0.3 is 20.7 Å². The average Bonchev–Trinajstić information content (AvgIpc) is 2.59. The van der Waals surface area contributed by atoms with Crippen molar-refractivity contribution in [2.75, 3.05) is 23.8 Å². The van der Waals surface area contributed by atoms with Gasteiger partial charge >= 0.3 is 6.03 Å². The zero-order chi connectivity index (χ0) is 17.2. The van der Waals surface area contributed by atoms with Crippen molar-refractivity contribution in [1.29, 1.82) is 0 Å². The molecule has 2 rings (SSSR count). The molecule has 24 heavy (non-hydrogen) atoms. The van der Waals surface area contributed by atoms with E-state index in [1.165, 1.54) is 0 Å². The number of amides is 3. The van der Waals surface area contributed by atoms with E-state index in [1.54, 1.807) is 36.4 Å². The molecule has 6 nitrogen and oxygen atoms in total. The molecule has 0 heterocycles. The molecular formula is C18H21N3O3. The van der Waals surface area contributed by atoms with E-state index in [0.717, 1.165) is 6.42 Å². The molecule has 2 aromatic carbocycles. The second-order valence-electron chi connectivity index (χ2n) is 5.11. The van der Waals surface area contributed by atoms with Gasteiger partial charge in [0, 0.05) is 24.0 Å². The van der Waals surface area contributed by atoms with E-state index in [1.807, 2.05) is 25.1 Å². The third-order valence-corrected chi connectivity index (χ3v) is 3.05. The van der Waals surface area contributed by atoms with E-state index in [-0.39, 0.29) is 18.5 Å². The molecule has 6 heteroatoms. The van der Waals surface area contributed by atoms with Crippen LogP contribution < -0.4 is 20.7 Å². The smallest absolute Gasteiger partial charge is 0.319 e. The van der Waals surface area contributed by atoms with E-state index in [2.05, 4.69) is 16.0 Å². The fourth-order valence-corrected chi connectivity index (χ4v) is 1.94. The molecule has 0 aromatic heterocycles. The van der Waals surface area contributed by atoms with E-state index in [0.29, 0.717) is 23.7 Å². The quantitative estimate of drug-likeness (QED) is 0.730. The highest BCUT2D eigenvalue weighted by molar-refractivity contribution is 5.92. The highest BCUT2D eigenvalue weighted by Gasteiger charge is 2.05. The van der Waals surface area contributed by atoms with Crippen LogP contribution in [0.1, 0.15) is 13.3 Å². The Bertz CT molecular complexity index is 674. The first-order valence-electron chi connectivity index (χ1n) is 7.80. The Morgan fingerprint density at radius 3 is 2.46 bits per heavy atom. The van der Waals surface area contributed by atoms with E-state index in [9.17, 15) is 9.59 Å². The number of rotatable bonds is 7. The van der Waals surface area contributed by atoms with Gasteiger partial charge in [0.15, 0.2) is 6.61 Å². The number of carbonyl (C=O) groups excluding carboxylic acids is 2. The Balaban J connectivity index is 1.83. The molecule has 0 atom stereocenters. The molecule has 0 saturated carbocycles. The number of ether oxygens (including phenoxy) is 1. The van der Waals surface area contributed by atoms with Crippen molar-refractivity contribution >= 4 is 23.3 Å². The van der Waals surface area contributed by atoms with Gasteiger partial charge in [0.1, 0.15) is 5.75 Å². The Kier molecular flexibility index (Phi) is 6.64. The molecule has 0 bridgehead atoms. The number of hydrogen-bond acceptors (Lipinski definition) is 3. The molecule has 3 N–H and O–H groups in total. The van der Waals surface area contributed by atoms with Gasteiger partial charge in [-0.05, 0) is 30.7 Å². The maximum atomic E-state index is 11.9. The number of urea groups is 1. The van der Waals surface area contributed by atoms with Gasteiger partial charge in [-0.1, -0.05) is 31.2 Å². The first-order chi connectivity index (χ1) is 11.7. The third-order valence-electron chi connectivity index (χ3n) is 3.05. The number of anilines is 2. The second kappa shape index (κ2) is 9.19. The van der Waals surface area contributed by atoms with Gasteiger partial charge in [-0.15, -0.1) is 0 Å². The maximum Gasteiger partial charge on any atom is 0.319 e. The minimum absolute atomic E-state index is 0.111. The molecule has 0 saturated heterocycles. The minimum atomic E-state index is -0.268. The molecule has 0 spiro atoms. The fourth-order valence-electron chi connectivity index (χ4n) is 1.94. The molecule has 0 radical (unpaired) electrons. The second-order valence-corrected chi connectivity index (χ2v) is 5.11. The van der Waals surface area contributed by atoms with Crippen molar-refractivity contribution in [3.63, 3.8) is 0 Å². The Hall–Kier alpha value is -3.02. The van der Waals surface area contributed by atoms with Crippen LogP contribution in [-0.2, 0) is 4.79 Å². The van der Waals surface area contributed by atoms with Gasteiger partial charge in [0.25, 0.3) is 5.91 Å². The van der Waals surface area contributed by atoms with E-state index < -0.39 is 0 Å². The maximum absolute atomic E-state index is 11.9. The number of benzene rings is 2. The number of hydrogen-bond donors (Lipinski definition) is 3. The van der Waals surface area contributed by atoms with Crippen molar-refractivity contribution in [3.8, 4) is 5.75 Å². The summed E-state index contributed by atoms with van der Waals surface area (Å²) in [4.78, 5) is 23.5. The zero-order valence-corrected chi connectivity index (χ0v) is 13.5. The fraction of sp³-hybridized carbons (Fsp3) is 0.222. The highest BCUT2D eigenvalue weighted by Crippen LogP contribution is 2.17. The molecule has 0 unspecified atom stereocenters. The molecule has 0 aliphatic heterocycles. The van der Waals surface area contributed by atoms with Crippen LogP contribution in [0.4, 0.5) is 16.2 Å². The van der Waals surface area contributed by atoms with Crippen molar-refractivity contribution < 1.29 is 14.3 Å². The SMILES string of the molecule is CCCNC(=O)Nc1cccc(OCC(=O)Nc2ccccc2)c1. The lowest BCUT2D eigenvalue weighted by atomic mass is 10.3. The van der Waals surface area contributed by atoms with Crippen LogP contribution in [0.25, 0.3) is 0 Å². The summed E-state index contributed by atoms with van der Waals surface area (Å²) >= 11 is 0. The first-order valence-corrected chi connectivity index (χ1v) is 7.80. The van der Waals surface area contributed by atoms with Crippen molar-refractivity contribution in [2.24, 2.45) is 0 Å². The van der Waals surface area contributed by atoms with Gasteiger partial charge in [0.05, 0.1) is 0 Å². The largest absolute Gasteiger partial charge is 0.484 e. The van der Waals surface area contributed by atoms with Crippen LogP contribution in [0, 0.1) is 0 Å². The summed E-state index contributed by atoms with van der Waals surface area (Å²) in [5, 5.41) is 8.18. The molecule has 0 aliphatic carbocycles. The number of nitrogens with one attached hydrogen (secondary N) is 3. The van der Waals surface area contributed by atoms with Gasteiger partial charge in [0.2, 0.25) is 0 Å². The normalized spacial score (nSPS) is 9.88. The lowest BCUT2D eigenvalue weighted by Crippen LogP contribution is -2.29. The lowest BCUT2D eigenvalue weighted by Gasteiger charge is -2.10. The van der Waals surface area contributed by atoms with Crippen LogP contribution in [-0.4, -0.2) is 25.1 Å². The van der Waals surface area contributed by atoms with Crippen LogP contribution in [0.3, 0.4) is 0 Å². The Morgan fingerprint density at radius 1 is 0.958 bits per heavy atom. The monoisotopic (exact) mass is 327 g/mol. The molecule has 3 amide bonds. The van der Waals surface area contributed by atoms with Crippen molar-refractivity contribution in [1.82, 2.24) is 5.32 Å². The zero-order valence-electron chi connectivity index (χ0n) is 13.5. The predicted octanol–water partition coefficient (Wildman–Crippen LogP) is 3.24. The molecular weight excluding hydrogens is 306 g/mol. The summed E-state index contributed by atoms with van der Waals surface area (Å²) < 4.78 is 5.46. The van der Waals surface area contributed by atoms with Gasteiger partial charge in [-0.2, -0.15) is 0 Å². The summed E-state index contributed by atoms with van der Waals surface area (Å²) in [5.74, 6) is 0.256. The Morgan fingerprint density at radius 2 is 1.71 bits per heavy atom. The summed E-state index contributed by atoms with van der Waals surface area (Å²) in [5.41, 5.74) is 1.32. The summed E-state index contributed by atoms with van der Waals surface area (Å²) in [7, 11) is 0. The first kappa shape index (κ1) is 17.3. The molecule has 2 aromatic rings. The van der Waals surface area contributed by atoms with Crippen LogP contribution >= 0.6 is 0 Å².